The van der Waals surface area contributed by atoms with E-state index in [4.69, 9.17) is 22.1 Å². The molecule has 0 spiro atoms. The normalized spacial score (nSPS) is 26.4. The first-order chi connectivity index (χ1) is 12.1. The largest absolute Gasteiger partial charge is 0.484 e. The number of rotatable bonds is 3. The Morgan fingerprint density at radius 3 is 2.84 bits per heavy atom. The van der Waals surface area contributed by atoms with Crippen molar-refractivity contribution in [2.75, 3.05) is 13.1 Å². The lowest BCUT2D eigenvalue weighted by Gasteiger charge is -2.38. The molecule has 2 aromatic carbocycles. The van der Waals surface area contributed by atoms with Gasteiger partial charge in [-0.2, -0.15) is 0 Å². The maximum atomic E-state index is 6.55. The molecule has 1 fully saturated rings. The molecule has 3 nitrogen and oxygen atoms in total. The van der Waals surface area contributed by atoms with Gasteiger partial charge in [-0.1, -0.05) is 35.9 Å². The fourth-order valence-corrected chi connectivity index (χ4v) is 4.45. The average molecular weight is 357 g/mol. The second-order valence-electron chi connectivity index (χ2n) is 7.32. The molecule has 2 N–H and O–H groups in total. The van der Waals surface area contributed by atoms with Crippen LogP contribution in [0.4, 0.5) is 0 Å². The number of ether oxygens (including phenoxy) is 1. The van der Waals surface area contributed by atoms with Crippen LogP contribution in [0.25, 0.3) is 0 Å². The summed E-state index contributed by atoms with van der Waals surface area (Å²) < 4.78 is 6.55. The van der Waals surface area contributed by atoms with Crippen molar-refractivity contribution in [1.82, 2.24) is 4.90 Å². The topological polar surface area (TPSA) is 38.5 Å². The van der Waals surface area contributed by atoms with Crippen molar-refractivity contribution in [3.05, 3.63) is 64.2 Å². The van der Waals surface area contributed by atoms with Crippen LogP contribution in [0.2, 0.25) is 5.02 Å². The molecule has 25 heavy (non-hydrogen) atoms. The molecule has 4 rings (SSSR count). The maximum absolute atomic E-state index is 6.55. The summed E-state index contributed by atoms with van der Waals surface area (Å²) in [6, 6.07) is 15.1. The van der Waals surface area contributed by atoms with Gasteiger partial charge in [0.2, 0.25) is 0 Å². The summed E-state index contributed by atoms with van der Waals surface area (Å²) in [6.45, 7) is 4.11. The Morgan fingerprint density at radius 1 is 1.20 bits per heavy atom. The second kappa shape index (κ2) is 6.99. The number of nitrogens with two attached hydrogens (primary N) is 1. The van der Waals surface area contributed by atoms with Crippen LogP contribution in [-0.4, -0.2) is 30.1 Å². The van der Waals surface area contributed by atoms with Gasteiger partial charge in [-0.15, -0.1) is 0 Å². The molecule has 2 aromatic rings. The predicted molar refractivity (Wildman–Crippen MR) is 102 cm³/mol. The molecule has 1 aliphatic heterocycles. The number of likely N-dealkylation sites (tertiary alicyclic amines) is 1. The van der Waals surface area contributed by atoms with E-state index >= 15 is 0 Å². The van der Waals surface area contributed by atoms with Crippen molar-refractivity contribution in [3.8, 4) is 5.75 Å². The van der Waals surface area contributed by atoms with E-state index in [1.807, 2.05) is 25.1 Å². The summed E-state index contributed by atoms with van der Waals surface area (Å²) in [7, 11) is 0. The molecule has 1 saturated heterocycles. The van der Waals surface area contributed by atoms with Gasteiger partial charge in [0, 0.05) is 17.6 Å². The Hall–Kier alpha value is -1.55. The number of hydrogen-bond donors (Lipinski definition) is 1. The molecule has 0 bridgehead atoms. The van der Waals surface area contributed by atoms with E-state index in [1.54, 1.807) is 0 Å². The zero-order valence-corrected chi connectivity index (χ0v) is 15.4. The van der Waals surface area contributed by atoms with Crippen LogP contribution < -0.4 is 10.5 Å². The molecular weight excluding hydrogens is 332 g/mol. The van der Waals surface area contributed by atoms with Crippen LogP contribution in [0.3, 0.4) is 0 Å². The van der Waals surface area contributed by atoms with Crippen molar-refractivity contribution in [2.24, 2.45) is 5.73 Å². The summed E-state index contributed by atoms with van der Waals surface area (Å²) in [5.74, 6) is 0.914. The highest BCUT2D eigenvalue weighted by molar-refractivity contribution is 6.30. The number of nitrogens with zero attached hydrogens (tertiary/aromatic N) is 1. The van der Waals surface area contributed by atoms with E-state index in [-0.39, 0.29) is 12.1 Å². The monoisotopic (exact) mass is 356 g/mol. The summed E-state index contributed by atoms with van der Waals surface area (Å²) in [4.78, 5) is 2.53. The third-order valence-corrected chi connectivity index (χ3v) is 5.72. The molecule has 132 valence electrons. The molecule has 4 heteroatoms. The quantitative estimate of drug-likeness (QED) is 0.899. The third-order valence-electron chi connectivity index (χ3n) is 5.49. The van der Waals surface area contributed by atoms with E-state index in [1.165, 1.54) is 17.5 Å². The van der Waals surface area contributed by atoms with E-state index < -0.39 is 0 Å². The van der Waals surface area contributed by atoms with Crippen LogP contribution in [0.5, 0.6) is 5.75 Å². The highest BCUT2D eigenvalue weighted by Crippen LogP contribution is 2.39. The van der Waals surface area contributed by atoms with Crippen LogP contribution in [0.15, 0.2) is 42.5 Å². The van der Waals surface area contributed by atoms with E-state index in [2.05, 4.69) is 29.2 Å². The minimum absolute atomic E-state index is 0.0429. The van der Waals surface area contributed by atoms with Crippen LogP contribution >= 0.6 is 11.6 Å². The fourth-order valence-electron chi connectivity index (χ4n) is 4.22. The molecule has 0 radical (unpaired) electrons. The smallest absolute Gasteiger partial charge is 0.140 e. The SMILES string of the molecule is Cc1cc(Cl)ccc1O[C@H]1c2ccccc2C[C@H]1N1CCC[C@@H](N)C1. The summed E-state index contributed by atoms with van der Waals surface area (Å²) in [5, 5.41) is 0.746. The van der Waals surface area contributed by atoms with Crippen molar-refractivity contribution in [2.45, 2.75) is 44.4 Å². The van der Waals surface area contributed by atoms with Gasteiger partial charge in [0.05, 0.1) is 6.04 Å². The first-order valence-corrected chi connectivity index (χ1v) is 9.50. The molecular formula is C21H25ClN2O. The molecule has 1 heterocycles. The highest BCUT2D eigenvalue weighted by atomic mass is 35.5. The van der Waals surface area contributed by atoms with Crippen molar-refractivity contribution >= 4 is 11.6 Å². The summed E-state index contributed by atoms with van der Waals surface area (Å²) >= 11 is 6.10. The fraction of sp³-hybridized carbons (Fsp3) is 0.429. The molecule has 0 aromatic heterocycles. The maximum Gasteiger partial charge on any atom is 0.140 e. The lowest BCUT2D eigenvalue weighted by atomic mass is 10.0. The van der Waals surface area contributed by atoms with Gasteiger partial charge >= 0.3 is 0 Å². The van der Waals surface area contributed by atoms with E-state index in [9.17, 15) is 0 Å². The lowest BCUT2D eigenvalue weighted by Crippen LogP contribution is -2.49. The molecule has 2 aliphatic rings. The average Bonchev–Trinajstić information content (AvgIpc) is 2.96. The second-order valence-corrected chi connectivity index (χ2v) is 7.75. The van der Waals surface area contributed by atoms with E-state index in [0.717, 1.165) is 42.3 Å². The number of hydrogen-bond acceptors (Lipinski definition) is 3. The van der Waals surface area contributed by atoms with Crippen LogP contribution in [-0.2, 0) is 6.42 Å². The minimum atomic E-state index is 0.0429. The molecule has 0 saturated carbocycles. The van der Waals surface area contributed by atoms with Gasteiger partial charge in [-0.3, -0.25) is 4.90 Å². The Bertz CT molecular complexity index is 763. The molecule has 1 aliphatic carbocycles. The van der Waals surface area contributed by atoms with Crippen molar-refractivity contribution < 1.29 is 4.74 Å². The zero-order valence-electron chi connectivity index (χ0n) is 14.6. The predicted octanol–water partition coefficient (Wildman–Crippen LogP) is 4.12. The third kappa shape index (κ3) is 3.41. The minimum Gasteiger partial charge on any atom is -0.484 e. The Kier molecular flexibility index (Phi) is 4.72. The zero-order chi connectivity index (χ0) is 17.4. The van der Waals surface area contributed by atoms with Gasteiger partial charge in [-0.05, 0) is 67.6 Å². The van der Waals surface area contributed by atoms with Gasteiger partial charge in [0.25, 0.3) is 0 Å². The number of benzene rings is 2. The summed E-state index contributed by atoms with van der Waals surface area (Å²) in [6.07, 6.45) is 3.36. The van der Waals surface area contributed by atoms with E-state index in [0.29, 0.717) is 6.04 Å². The van der Waals surface area contributed by atoms with Gasteiger partial charge in [-0.25, -0.2) is 0 Å². The number of piperidine rings is 1. The summed E-state index contributed by atoms with van der Waals surface area (Å²) in [5.41, 5.74) is 10.0. The number of aryl methyl sites for hydroxylation is 1. The number of fused-ring (bicyclic) bond motifs is 1. The lowest BCUT2D eigenvalue weighted by molar-refractivity contribution is 0.0589. The van der Waals surface area contributed by atoms with Gasteiger partial charge < -0.3 is 10.5 Å². The Morgan fingerprint density at radius 2 is 2.04 bits per heavy atom. The molecule has 3 atom stereocenters. The number of halogens is 1. The van der Waals surface area contributed by atoms with Gasteiger partial charge in [0.1, 0.15) is 11.9 Å². The first kappa shape index (κ1) is 16.9. The standard InChI is InChI=1S/C21H25ClN2O/c1-14-11-16(22)8-9-20(14)25-21-18-7-3-2-5-15(18)12-19(21)24-10-4-6-17(23)13-24/h2-3,5,7-9,11,17,19,21H,4,6,10,12-13,23H2,1H3/t17-,19-,21+/m1/s1. The van der Waals surface area contributed by atoms with Crippen LogP contribution in [0.1, 0.15) is 35.6 Å². The first-order valence-electron chi connectivity index (χ1n) is 9.12. The van der Waals surface area contributed by atoms with Gasteiger partial charge in [0.15, 0.2) is 0 Å². The molecule has 0 amide bonds. The van der Waals surface area contributed by atoms with Crippen LogP contribution in [0, 0.1) is 6.92 Å². The van der Waals surface area contributed by atoms with Crippen molar-refractivity contribution in [3.63, 3.8) is 0 Å². The van der Waals surface area contributed by atoms with Crippen molar-refractivity contribution in [1.29, 1.82) is 0 Å². The highest BCUT2D eigenvalue weighted by Gasteiger charge is 2.39. The molecule has 0 unspecified atom stereocenters. The Balaban J connectivity index is 1.65. The Labute approximate surface area is 154 Å².